The molecule has 0 bridgehead atoms. The monoisotopic (exact) mass is 344 g/mol. The summed E-state index contributed by atoms with van der Waals surface area (Å²) in [6.07, 6.45) is 3.86. The molecule has 0 aromatic heterocycles. The van der Waals surface area contributed by atoms with E-state index < -0.39 is 0 Å². The number of carbonyl (C=O) groups is 1. The lowest BCUT2D eigenvalue weighted by Gasteiger charge is -2.09. The van der Waals surface area contributed by atoms with E-state index in [4.69, 9.17) is 9.47 Å². The van der Waals surface area contributed by atoms with Gasteiger partial charge in [-0.15, -0.1) is 11.8 Å². The second-order valence-corrected chi connectivity index (χ2v) is 5.81. The Balaban J connectivity index is 1.91. The summed E-state index contributed by atoms with van der Waals surface area (Å²) in [4.78, 5) is 13.1. The topological polar surface area (TPSA) is 59.9 Å². The van der Waals surface area contributed by atoms with Crippen molar-refractivity contribution in [2.45, 2.75) is 11.3 Å². The van der Waals surface area contributed by atoms with Gasteiger partial charge in [0.15, 0.2) is 11.5 Å². The number of carbonyl (C=O) groups excluding carboxylic acids is 1. The van der Waals surface area contributed by atoms with E-state index in [9.17, 15) is 4.79 Å². The number of thioether (sulfide) groups is 1. The number of nitrogens with one attached hydrogen (secondary N) is 1. The number of rotatable bonds is 7. The third-order valence-electron chi connectivity index (χ3n) is 3.33. The second-order valence-electron chi connectivity index (χ2n) is 4.93. The highest BCUT2D eigenvalue weighted by molar-refractivity contribution is 7.98. The van der Waals surface area contributed by atoms with Gasteiger partial charge < -0.3 is 9.47 Å². The highest BCUT2D eigenvalue weighted by atomic mass is 32.2. The van der Waals surface area contributed by atoms with Crippen LogP contribution in [0.3, 0.4) is 0 Å². The molecule has 5 nitrogen and oxygen atoms in total. The molecule has 1 N–H and O–H groups in total. The molecule has 0 unspecified atom stereocenters. The minimum Gasteiger partial charge on any atom is -0.493 e. The van der Waals surface area contributed by atoms with E-state index in [1.54, 1.807) is 44.3 Å². The van der Waals surface area contributed by atoms with Crippen LogP contribution in [0.1, 0.15) is 11.1 Å². The Morgan fingerprint density at radius 3 is 2.46 bits per heavy atom. The number of amides is 1. The fraction of sp³-hybridized carbons (Fsp3) is 0.222. The molecule has 0 aliphatic heterocycles. The lowest BCUT2D eigenvalue weighted by atomic mass is 10.1. The van der Waals surface area contributed by atoms with Crippen molar-refractivity contribution >= 4 is 23.9 Å². The maximum atomic E-state index is 12.0. The van der Waals surface area contributed by atoms with Crippen molar-refractivity contribution in [3.63, 3.8) is 0 Å². The Morgan fingerprint density at radius 1 is 1.12 bits per heavy atom. The summed E-state index contributed by atoms with van der Waals surface area (Å²) < 4.78 is 10.4. The second kappa shape index (κ2) is 8.98. The molecule has 0 saturated heterocycles. The Kier molecular flexibility index (Phi) is 6.69. The van der Waals surface area contributed by atoms with Gasteiger partial charge in [-0.3, -0.25) is 4.79 Å². The molecule has 0 aliphatic carbocycles. The highest BCUT2D eigenvalue weighted by Crippen LogP contribution is 2.27. The smallest absolute Gasteiger partial charge is 0.244 e. The molecule has 0 heterocycles. The van der Waals surface area contributed by atoms with Crippen LogP contribution in [-0.4, -0.2) is 32.6 Å². The highest BCUT2D eigenvalue weighted by Gasteiger charge is 2.07. The zero-order valence-corrected chi connectivity index (χ0v) is 14.7. The minimum absolute atomic E-state index is 0.195. The lowest BCUT2D eigenvalue weighted by molar-refractivity contribution is -0.120. The molecule has 0 spiro atoms. The molecule has 6 heteroatoms. The van der Waals surface area contributed by atoms with Gasteiger partial charge in [0.1, 0.15) is 0 Å². The van der Waals surface area contributed by atoms with Gasteiger partial charge in [-0.1, -0.05) is 18.2 Å². The lowest BCUT2D eigenvalue weighted by Crippen LogP contribution is -2.19. The summed E-state index contributed by atoms with van der Waals surface area (Å²) in [5, 5.41) is 3.98. The number of nitrogens with zero attached hydrogens (tertiary/aromatic N) is 1. The van der Waals surface area contributed by atoms with Crippen LogP contribution in [0.2, 0.25) is 0 Å². The van der Waals surface area contributed by atoms with Crippen LogP contribution in [0.5, 0.6) is 11.5 Å². The number of benzene rings is 2. The molecule has 0 aliphatic rings. The van der Waals surface area contributed by atoms with Gasteiger partial charge >= 0.3 is 0 Å². The van der Waals surface area contributed by atoms with Gasteiger partial charge in [0.25, 0.3) is 0 Å². The summed E-state index contributed by atoms with van der Waals surface area (Å²) >= 11 is 1.68. The van der Waals surface area contributed by atoms with Crippen molar-refractivity contribution in [3.8, 4) is 11.5 Å². The van der Waals surface area contributed by atoms with E-state index in [2.05, 4.69) is 10.5 Å². The summed E-state index contributed by atoms with van der Waals surface area (Å²) in [5.41, 5.74) is 4.28. The zero-order chi connectivity index (χ0) is 17.4. The Bertz CT molecular complexity index is 715. The predicted octanol–water partition coefficient (Wildman–Crippen LogP) is 3.12. The summed E-state index contributed by atoms with van der Waals surface area (Å²) in [6.45, 7) is 0. The third kappa shape index (κ3) is 5.03. The van der Waals surface area contributed by atoms with Gasteiger partial charge in [0.05, 0.1) is 26.9 Å². The van der Waals surface area contributed by atoms with Crippen LogP contribution in [0.25, 0.3) is 0 Å². The van der Waals surface area contributed by atoms with Crippen LogP contribution in [0, 0.1) is 0 Å². The first kappa shape index (κ1) is 17.9. The standard InChI is InChI=1S/C18H20N2O3S/c1-22-16-9-6-14(10-17(16)23-2)11-18(21)20-19-12-13-4-7-15(24-3)8-5-13/h4-10,12H,11H2,1-3H3,(H,20,21). The summed E-state index contributed by atoms with van der Waals surface area (Å²) in [7, 11) is 3.14. The quantitative estimate of drug-likeness (QED) is 0.476. The third-order valence-corrected chi connectivity index (χ3v) is 4.07. The van der Waals surface area contributed by atoms with Crippen molar-refractivity contribution in [1.82, 2.24) is 5.43 Å². The fourth-order valence-corrected chi connectivity index (χ4v) is 2.49. The van der Waals surface area contributed by atoms with Crippen molar-refractivity contribution in [2.75, 3.05) is 20.5 Å². The molecule has 0 fully saturated rings. The summed E-state index contributed by atoms with van der Waals surface area (Å²) in [5.74, 6) is 1.03. The minimum atomic E-state index is -0.195. The van der Waals surface area contributed by atoms with Crippen LogP contribution < -0.4 is 14.9 Å². The van der Waals surface area contributed by atoms with E-state index in [0.717, 1.165) is 11.1 Å². The van der Waals surface area contributed by atoms with Crippen molar-refractivity contribution in [1.29, 1.82) is 0 Å². The maximum Gasteiger partial charge on any atom is 0.244 e. The molecule has 2 aromatic rings. The van der Waals surface area contributed by atoms with E-state index in [-0.39, 0.29) is 12.3 Å². The molecular weight excluding hydrogens is 324 g/mol. The molecule has 0 saturated carbocycles. The van der Waals surface area contributed by atoms with Crippen LogP contribution in [-0.2, 0) is 11.2 Å². The van der Waals surface area contributed by atoms with Gasteiger partial charge in [-0.2, -0.15) is 5.10 Å². The van der Waals surface area contributed by atoms with Crippen LogP contribution in [0.15, 0.2) is 52.5 Å². The average Bonchev–Trinajstić information content (AvgIpc) is 2.62. The molecule has 2 rings (SSSR count). The largest absolute Gasteiger partial charge is 0.493 e. The normalized spacial score (nSPS) is 10.6. The first-order valence-electron chi connectivity index (χ1n) is 7.33. The van der Waals surface area contributed by atoms with Crippen molar-refractivity contribution < 1.29 is 14.3 Å². The summed E-state index contributed by atoms with van der Waals surface area (Å²) in [6, 6.07) is 13.3. The molecule has 1 amide bonds. The van der Waals surface area contributed by atoms with E-state index in [1.165, 1.54) is 4.90 Å². The van der Waals surface area contributed by atoms with Gasteiger partial charge in [0, 0.05) is 4.90 Å². The molecule has 24 heavy (non-hydrogen) atoms. The van der Waals surface area contributed by atoms with E-state index >= 15 is 0 Å². The van der Waals surface area contributed by atoms with E-state index in [0.29, 0.717) is 11.5 Å². The molecular formula is C18H20N2O3S. The number of hydrazone groups is 1. The first-order valence-corrected chi connectivity index (χ1v) is 8.55. The van der Waals surface area contributed by atoms with Gasteiger partial charge in [0.2, 0.25) is 5.91 Å². The average molecular weight is 344 g/mol. The zero-order valence-electron chi connectivity index (χ0n) is 13.9. The number of ether oxygens (including phenoxy) is 2. The van der Waals surface area contributed by atoms with Crippen molar-refractivity contribution in [3.05, 3.63) is 53.6 Å². The SMILES string of the molecule is COc1ccc(CC(=O)NN=Cc2ccc(SC)cc2)cc1OC. The molecule has 0 atom stereocenters. The van der Waals surface area contributed by atoms with Crippen LogP contribution in [0.4, 0.5) is 0 Å². The van der Waals surface area contributed by atoms with E-state index in [1.807, 2.05) is 36.6 Å². The predicted molar refractivity (Wildman–Crippen MR) is 97.2 cm³/mol. The maximum absolute atomic E-state index is 12.0. The molecule has 126 valence electrons. The molecule has 0 radical (unpaired) electrons. The first-order chi connectivity index (χ1) is 11.7. The number of hydrogen-bond acceptors (Lipinski definition) is 5. The van der Waals surface area contributed by atoms with Gasteiger partial charge in [-0.25, -0.2) is 5.43 Å². The fourth-order valence-electron chi connectivity index (χ4n) is 2.08. The Labute approximate surface area is 146 Å². The van der Waals surface area contributed by atoms with Crippen LogP contribution >= 0.6 is 11.8 Å². The Morgan fingerprint density at radius 2 is 1.83 bits per heavy atom. The Hall–Kier alpha value is -2.47. The number of hydrogen-bond donors (Lipinski definition) is 1. The number of methoxy groups -OCH3 is 2. The van der Waals surface area contributed by atoms with Crippen molar-refractivity contribution in [2.24, 2.45) is 5.10 Å². The molecule has 2 aromatic carbocycles. The van der Waals surface area contributed by atoms with Gasteiger partial charge in [-0.05, 0) is 41.6 Å².